The number of rotatable bonds is 4. The van der Waals surface area contributed by atoms with E-state index >= 15 is 0 Å². The Morgan fingerprint density at radius 2 is 1.48 bits per heavy atom. The van der Waals surface area contributed by atoms with Gasteiger partial charge in [0.25, 0.3) is 0 Å². The second-order valence-corrected chi connectivity index (χ2v) is 10.1. The van der Waals surface area contributed by atoms with Crippen LogP contribution in [0.2, 0.25) is 0 Å². The van der Waals surface area contributed by atoms with E-state index in [1.165, 1.54) is 0 Å². The Labute approximate surface area is 183 Å². The van der Waals surface area contributed by atoms with Crippen LogP contribution < -0.4 is 9.80 Å². The van der Waals surface area contributed by atoms with Crippen LogP contribution in [0.1, 0.15) is 19.3 Å². The van der Waals surface area contributed by atoms with Crippen molar-refractivity contribution in [3.8, 4) is 0 Å². The third kappa shape index (κ3) is 4.09. The summed E-state index contributed by atoms with van der Waals surface area (Å²) in [6.07, 6.45) is 4.80. The Bertz CT molecular complexity index is 1160. The first kappa shape index (κ1) is 20.2. The second-order valence-electron chi connectivity index (χ2n) is 8.15. The van der Waals surface area contributed by atoms with Crippen LogP contribution in [0, 0.1) is 0 Å². The summed E-state index contributed by atoms with van der Waals surface area (Å²) < 4.78 is 27.6. The van der Waals surface area contributed by atoms with Gasteiger partial charge in [-0.1, -0.05) is 12.5 Å². The van der Waals surface area contributed by atoms with Crippen molar-refractivity contribution in [1.29, 1.82) is 0 Å². The minimum atomic E-state index is -3.43. The number of pyridine rings is 2. The summed E-state index contributed by atoms with van der Waals surface area (Å²) in [7, 11) is -3.43. The number of nitrogens with zero attached hydrogens (tertiary/aromatic N) is 5. The Morgan fingerprint density at radius 3 is 2.19 bits per heavy atom. The van der Waals surface area contributed by atoms with Crippen molar-refractivity contribution >= 4 is 32.6 Å². The normalized spacial score (nSPS) is 18.5. The Hall–Kier alpha value is -2.71. The molecule has 0 radical (unpaired) electrons. The summed E-state index contributed by atoms with van der Waals surface area (Å²) in [6.45, 7) is 4.75. The first-order valence-electron chi connectivity index (χ1n) is 10.9. The Balaban J connectivity index is 1.32. The number of fused-ring (bicyclic) bond motifs is 1. The van der Waals surface area contributed by atoms with Crippen LogP contribution in [0.25, 0.3) is 10.9 Å². The van der Waals surface area contributed by atoms with Crippen LogP contribution in [0.15, 0.2) is 59.6 Å². The standard InChI is InChI=1S/C23H27N5O2S/c29-31(30,28-12-4-1-5-13-28)20-8-9-21-19(18-20)7-10-23(25-21)27-16-14-26(15-17-27)22-6-2-3-11-24-22/h2-3,6-11,18H,1,4-5,12-17H2. The molecule has 2 aliphatic rings. The predicted octanol–water partition coefficient (Wildman–Crippen LogP) is 3.13. The fourth-order valence-electron chi connectivity index (χ4n) is 4.39. The molecule has 0 atom stereocenters. The van der Waals surface area contributed by atoms with Gasteiger partial charge < -0.3 is 9.80 Å². The molecule has 4 heterocycles. The Kier molecular flexibility index (Phi) is 5.50. The number of sulfonamides is 1. The highest BCUT2D eigenvalue weighted by atomic mass is 32.2. The zero-order valence-corrected chi connectivity index (χ0v) is 18.3. The highest BCUT2D eigenvalue weighted by Crippen LogP contribution is 2.26. The molecule has 2 aliphatic heterocycles. The SMILES string of the molecule is O=S(=O)(c1ccc2nc(N3CCN(c4ccccn4)CC3)ccc2c1)N1CCCCC1. The van der Waals surface area contributed by atoms with Crippen molar-refractivity contribution in [1.82, 2.24) is 14.3 Å². The maximum atomic E-state index is 13.0. The van der Waals surface area contributed by atoms with Crippen molar-refractivity contribution in [2.45, 2.75) is 24.2 Å². The van der Waals surface area contributed by atoms with Crippen LogP contribution in [0.4, 0.5) is 11.6 Å². The van der Waals surface area contributed by atoms with Gasteiger partial charge in [0.1, 0.15) is 11.6 Å². The summed E-state index contributed by atoms with van der Waals surface area (Å²) >= 11 is 0. The third-order valence-electron chi connectivity index (χ3n) is 6.18. The first-order chi connectivity index (χ1) is 15.1. The van der Waals surface area contributed by atoms with Crippen molar-refractivity contribution < 1.29 is 8.42 Å². The number of hydrogen-bond donors (Lipinski definition) is 0. The van der Waals surface area contributed by atoms with Crippen molar-refractivity contribution in [2.24, 2.45) is 0 Å². The van der Waals surface area contributed by atoms with E-state index in [1.54, 1.807) is 16.4 Å². The van der Waals surface area contributed by atoms with E-state index < -0.39 is 10.0 Å². The van der Waals surface area contributed by atoms with Crippen LogP contribution in [-0.4, -0.2) is 62.0 Å². The molecule has 2 fully saturated rings. The molecule has 2 saturated heterocycles. The molecule has 31 heavy (non-hydrogen) atoms. The number of piperazine rings is 1. The van der Waals surface area contributed by atoms with Gasteiger partial charge in [-0.05, 0) is 55.3 Å². The largest absolute Gasteiger partial charge is 0.353 e. The van der Waals surface area contributed by atoms with Crippen molar-refractivity contribution in [3.63, 3.8) is 0 Å². The number of benzene rings is 1. The molecular formula is C23H27N5O2S. The number of piperidine rings is 1. The van der Waals surface area contributed by atoms with E-state index in [9.17, 15) is 8.42 Å². The predicted molar refractivity (Wildman–Crippen MR) is 123 cm³/mol. The van der Waals surface area contributed by atoms with Gasteiger partial charge in [-0.2, -0.15) is 4.31 Å². The third-order valence-corrected chi connectivity index (χ3v) is 8.07. The zero-order chi connectivity index (χ0) is 21.3. The van der Waals surface area contributed by atoms with Crippen molar-refractivity contribution in [2.75, 3.05) is 49.1 Å². The number of aromatic nitrogens is 2. The Morgan fingerprint density at radius 1 is 0.742 bits per heavy atom. The second kappa shape index (κ2) is 8.43. The summed E-state index contributed by atoms with van der Waals surface area (Å²) in [5, 5.41) is 0.856. The van der Waals surface area contributed by atoms with E-state index in [2.05, 4.69) is 14.8 Å². The molecule has 8 heteroatoms. The molecule has 162 valence electrons. The summed E-state index contributed by atoms with van der Waals surface area (Å²) in [5.41, 5.74) is 0.822. The average molecular weight is 438 g/mol. The van der Waals surface area contributed by atoms with Gasteiger partial charge in [-0.25, -0.2) is 18.4 Å². The maximum absolute atomic E-state index is 13.0. The van der Waals surface area contributed by atoms with Crippen LogP contribution in [0.5, 0.6) is 0 Å². The highest BCUT2D eigenvalue weighted by molar-refractivity contribution is 7.89. The van der Waals surface area contributed by atoms with Gasteiger partial charge in [-0.3, -0.25) is 0 Å². The molecule has 0 aliphatic carbocycles. The molecular weight excluding hydrogens is 410 g/mol. The molecule has 7 nitrogen and oxygen atoms in total. The van der Waals surface area contributed by atoms with Gasteiger partial charge in [0, 0.05) is 50.9 Å². The first-order valence-corrected chi connectivity index (χ1v) is 12.4. The van der Waals surface area contributed by atoms with E-state index in [0.29, 0.717) is 18.0 Å². The molecule has 0 spiro atoms. The quantitative estimate of drug-likeness (QED) is 0.625. The fourth-order valence-corrected chi connectivity index (χ4v) is 5.94. The van der Waals surface area contributed by atoms with Gasteiger partial charge in [0.2, 0.25) is 10.0 Å². The molecule has 3 aromatic rings. The van der Waals surface area contributed by atoms with E-state index in [-0.39, 0.29) is 0 Å². The lowest BCUT2D eigenvalue weighted by Crippen LogP contribution is -2.47. The lowest BCUT2D eigenvalue weighted by Gasteiger charge is -2.36. The molecule has 0 N–H and O–H groups in total. The lowest BCUT2D eigenvalue weighted by atomic mass is 10.2. The van der Waals surface area contributed by atoms with Gasteiger partial charge in [-0.15, -0.1) is 0 Å². The smallest absolute Gasteiger partial charge is 0.243 e. The maximum Gasteiger partial charge on any atom is 0.243 e. The minimum Gasteiger partial charge on any atom is -0.353 e. The minimum absolute atomic E-state index is 0.362. The van der Waals surface area contributed by atoms with Gasteiger partial charge >= 0.3 is 0 Å². The molecule has 0 amide bonds. The molecule has 5 rings (SSSR count). The highest BCUT2D eigenvalue weighted by Gasteiger charge is 2.26. The van der Waals surface area contributed by atoms with Crippen LogP contribution in [-0.2, 0) is 10.0 Å². The topological polar surface area (TPSA) is 69.6 Å². The molecule has 0 unspecified atom stereocenters. The lowest BCUT2D eigenvalue weighted by molar-refractivity contribution is 0.346. The van der Waals surface area contributed by atoms with E-state index in [4.69, 9.17) is 4.98 Å². The fraction of sp³-hybridized carbons (Fsp3) is 0.391. The van der Waals surface area contributed by atoms with E-state index in [0.717, 1.165) is 68.0 Å². The average Bonchev–Trinajstić information content (AvgIpc) is 2.84. The zero-order valence-electron chi connectivity index (χ0n) is 17.5. The molecule has 2 aromatic heterocycles. The molecule has 0 bridgehead atoms. The van der Waals surface area contributed by atoms with Gasteiger partial charge in [0.05, 0.1) is 10.4 Å². The summed E-state index contributed by atoms with van der Waals surface area (Å²) in [4.78, 5) is 14.2. The number of hydrogen-bond acceptors (Lipinski definition) is 6. The van der Waals surface area contributed by atoms with Crippen LogP contribution in [0.3, 0.4) is 0 Å². The van der Waals surface area contributed by atoms with Crippen molar-refractivity contribution in [3.05, 3.63) is 54.7 Å². The molecule has 0 saturated carbocycles. The molecule has 1 aromatic carbocycles. The summed E-state index contributed by atoms with van der Waals surface area (Å²) in [5.74, 6) is 1.94. The summed E-state index contributed by atoms with van der Waals surface area (Å²) in [6, 6.07) is 15.3. The van der Waals surface area contributed by atoms with Gasteiger partial charge in [0.15, 0.2) is 0 Å². The van der Waals surface area contributed by atoms with Crippen LogP contribution >= 0.6 is 0 Å². The van der Waals surface area contributed by atoms with E-state index in [1.807, 2.05) is 42.6 Å². The number of anilines is 2. The monoisotopic (exact) mass is 437 g/mol.